The van der Waals surface area contributed by atoms with Gasteiger partial charge in [-0.1, -0.05) is 42.0 Å². The molecule has 1 amide bonds. The molecule has 0 saturated carbocycles. The van der Waals surface area contributed by atoms with Crippen LogP contribution in [0.5, 0.6) is 0 Å². The lowest BCUT2D eigenvalue weighted by atomic mass is 9.99. The summed E-state index contributed by atoms with van der Waals surface area (Å²) in [7, 11) is -3.46. The van der Waals surface area contributed by atoms with Crippen LogP contribution in [0.25, 0.3) is 0 Å². The summed E-state index contributed by atoms with van der Waals surface area (Å²) >= 11 is 0. The highest BCUT2D eigenvalue weighted by atomic mass is 32.2. The lowest BCUT2D eigenvalue weighted by Crippen LogP contribution is -2.42. The predicted molar refractivity (Wildman–Crippen MR) is 104 cm³/mol. The minimum Gasteiger partial charge on any atom is -0.324 e. The summed E-state index contributed by atoms with van der Waals surface area (Å²) in [5.74, 6) is -0.607. The lowest BCUT2D eigenvalue weighted by Gasteiger charge is -2.22. The van der Waals surface area contributed by atoms with Gasteiger partial charge in [0.15, 0.2) is 5.78 Å². The third-order valence-electron chi connectivity index (χ3n) is 4.65. The minimum absolute atomic E-state index is 0.194. The van der Waals surface area contributed by atoms with E-state index in [0.29, 0.717) is 36.2 Å². The van der Waals surface area contributed by atoms with Crippen LogP contribution in [0.2, 0.25) is 0 Å². The molecule has 1 N–H and O–H groups in total. The van der Waals surface area contributed by atoms with Crippen LogP contribution < -0.4 is 5.32 Å². The highest BCUT2D eigenvalue weighted by Gasteiger charge is 2.36. The Morgan fingerprint density at radius 1 is 1.11 bits per heavy atom. The number of benzene rings is 2. The molecule has 1 fully saturated rings. The second-order valence-corrected chi connectivity index (χ2v) is 8.70. The third kappa shape index (κ3) is 4.26. The van der Waals surface area contributed by atoms with Crippen LogP contribution in [0, 0.1) is 6.92 Å². The van der Waals surface area contributed by atoms with Crippen molar-refractivity contribution in [1.82, 2.24) is 4.31 Å². The first kappa shape index (κ1) is 19.3. The van der Waals surface area contributed by atoms with Crippen molar-refractivity contribution in [2.24, 2.45) is 0 Å². The molecule has 3 rings (SSSR count). The number of amides is 1. The number of sulfonamides is 1. The number of hydrogen-bond acceptors (Lipinski definition) is 4. The lowest BCUT2D eigenvalue weighted by molar-refractivity contribution is -0.119. The average molecular weight is 386 g/mol. The molecule has 142 valence electrons. The first-order valence-electron chi connectivity index (χ1n) is 8.75. The molecule has 6 nitrogen and oxygen atoms in total. The second kappa shape index (κ2) is 7.62. The number of nitrogens with zero attached hydrogens (tertiary/aromatic N) is 1. The van der Waals surface area contributed by atoms with Gasteiger partial charge in [0.05, 0.1) is 11.9 Å². The Labute approximate surface area is 159 Å². The Morgan fingerprint density at radius 3 is 2.48 bits per heavy atom. The van der Waals surface area contributed by atoms with Crippen molar-refractivity contribution in [1.29, 1.82) is 0 Å². The molecule has 0 bridgehead atoms. The van der Waals surface area contributed by atoms with Gasteiger partial charge in [0.25, 0.3) is 0 Å². The zero-order valence-electron chi connectivity index (χ0n) is 15.3. The molecule has 0 aromatic heterocycles. The summed E-state index contributed by atoms with van der Waals surface area (Å²) in [6.07, 6.45) is 2.20. The van der Waals surface area contributed by atoms with Crippen molar-refractivity contribution in [3.63, 3.8) is 0 Å². The number of hydrogen-bond donors (Lipinski definition) is 1. The van der Waals surface area contributed by atoms with Crippen LogP contribution in [0.3, 0.4) is 0 Å². The van der Waals surface area contributed by atoms with Crippen LogP contribution in [0.1, 0.15) is 34.3 Å². The summed E-state index contributed by atoms with van der Waals surface area (Å²) in [4.78, 5) is 25.6. The summed E-state index contributed by atoms with van der Waals surface area (Å²) in [6, 6.07) is 13.3. The standard InChI is InChI=1S/C20H22N2O4S/c1-14-10-11-17(16(13-14)19(23)15-7-4-3-5-8-15)21-20(24)18-9-6-12-22(18)27(2,25)26/h3-5,7-8,10-11,13,18H,6,9,12H2,1-2H3,(H,21,24). The van der Waals surface area contributed by atoms with Gasteiger partial charge in [0.2, 0.25) is 15.9 Å². The summed E-state index contributed by atoms with van der Waals surface area (Å²) < 4.78 is 25.0. The first-order valence-corrected chi connectivity index (χ1v) is 10.6. The topological polar surface area (TPSA) is 83.6 Å². The molecule has 1 atom stereocenters. The molecule has 27 heavy (non-hydrogen) atoms. The van der Waals surface area contributed by atoms with E-state index in [-0.39, 0.29) is 5.78 Å². The van der Waals surface area contributed by atoms with Gasteiger partial charge in [-0.2, -0.15) is 4.31 Å². The molecule has 1 heterocycles. The number of aryl methyl sites for hydroxylation is 1. The van der Waals surface area contributed by atoms with Gasteiger partial charge in [-0.15, -0.1) is 0 Å². The SMILES string of the molecule is Cc1ccc(NC(=O)C2CCCN2S(C)(=O)=O)c(C(=O)c2ccccc2)c1. The van der Waals surface area contributed by atoms with Crippen LogP contribution in [-0.4, -0.2) is 43.3 Å². The van der Waals surface area contributed by atoms with E-state index in [1.54, 1.807) is 42.5 Å². The highest BCUT2D eigenvalue weighted by molar-refractivity contribution is 7.88. The van der Waals surface area contributed by atoms with Crippen molar-refractivity contribution < 1.29 is 18.0 Å². The largest absolute Gasteiger partial charge is 0.324 e. The molecule has 1 unspecified atom stereocenters. The third-order valence-corrected chi connectivity index (χ3v) is 5.93. The molecule has 0 aliphatic carbocycles. The summed E-state index contributed by atoms with van der Waals surface area (Å²) in [5, 5.41) is 2.77. The Bertz CT molecular complexity index is 971. The van der Waals surface area contributed by atoms with E-state index in [4.69, 9.17) is 0 Å². The zero-order valence-corrected chi connectivity index (χ0v) is 16.1. The van der Waals surface area contributed by atoms with Gasteiger partial charge in [0.1, 0.15) is 6.04 Å². The number of carbonyl (C=O) groups is 2. The number of rotatable bonds is 5. The quantitative estimate of drug-likeness (QED) is 0.801. The number of nitrogens with one attached hydrogen (secondary N) is 1. The van der Waals surface area contributed by atoms with Crippen molar-refractivity contribution in [3.8, 4) is 0 Å². The Morgan fingerprint density at radius 2 is 1.81 bits per heavy atom. The normalized spacial score (nSPS) is 17.6. The molecule has 0 spiro atoms. The van der Waals surface area contributed by atoms with Gasteiger partial charge in [-0.25, -0.2) is 8.42 Å². The fourth-order valence-corrected chi connectivity index (χ4v) is 4.44. The highest BCUT2D eigenvalue weighted by Crippen LogP contribution is 2.25. The van der Waals surface area contributed by atoms with E-state index < -0.39 is 22.0 Å². The molecule has 1 aliphatic heterocycles. The fraction of sp³-hybridized carbons (Fsp3) is 0.300. The van der Waals surface area contributed by atoms with Crippen molar-refractivity contribution in [2.75, 3.05) is 18.1 Å². The van der Waals surface area contributed by atoms with Crippen molar-refractivity contribution >= 4 is 27.4 Å². The van der Waals surface area contributed by atoms with Gasteiger partial charge in [-0.05, 0) is 31.9 Å². The fourth-order valence-electron chi connectivity index (χ4n) is 3.32. The van der Waals surface area contributed by atoms with Crippen LogP contribution in [-0.2, 0) is 14.8 Å². The Kier molecular flexibility index (Phi) is 5.43. The maximum absolute atomic E-state index is 12.9. The summed E-state index contributed by atoms with van der Waals surface area (Å²) in [5.41, 5.74) is 2.20. The van der Waals surface area contributed by atoms with Crippen LogP contribution in [0.15, 0.2) is 48.5 Å². The first-order chi connectivity index (χ1) is 12.8. The molecule has 1 aliphatic rings. The van der Waals surface area contributed by atoms with Gasteiger partial charge >= 0.3 is 0 Å². The molecule has 7 heteroatoms. The number of ketones is 1. The molecule has 1 saturated heterocycles. The minimum atomic E-state index is -3.46. The number of carbonyl (C=O) groups excluding carboxylic acids is 2. The molecule has 0 radical (unpaired) electrons. The monoisotopic (exact) mass is 386 g/mol. The maximum atomic E-state index is 12.9. The van der Waals surface area contributed by atoms with E-state index in [1.807, 2.05) is 13.0 Å². The van der Waals surface area contributed by atoms with Crippen molar-refractivity contribution in [2.45, 2.75) is 25.8 Å². The maximum Gasteiger partial charge on any atom is 0.242 e. The Hall–Kier alpha value is -2.51. The van der Waals surface area contributed by atoms with E-state index in [9.17, 15) is 18.0 Å². The smallest absolute Gasteiger partial charge is 0.242 e. The number of anilines is 1. The summed E-state index contributed by atoms with van der Waals surface area (Å²) in [6.45, 7) is 2.20. The Balaban J connectivity index is 1.89. The molecule has 2 aromatic carbocycles. The molecular weight excluding hydrogens is 364 g/mol. The van der Waals surface area contributed by atoms with E-state index >= 15 is 0 Å². The van der Waals surface area contributed by atoms with E-state index in [2.05, 4.69) is 5.32 Å². The molecular formula is C20H22N2O4S. The van der Waals surface area contributed by atoms with Gasteiger partial charge in [0, 0.05) is 17.7 Å². The van der Waals surface area contributed by atoms with Gasteiger partial charge < -0.3 is 5.32 Å². The van der Waals surface area contributed by atoms with Crippen molar-refractivity contribution in [3.05, 3.63) is 65.2 Å². The van der Waals surface area contributed by atoms with Gasteiger partial charge in [-0.3, -0.25) is 9.59 Å². The second-order valence-electron chi connectivity index (χ2n) is 6.77. The molecule has 2 aromatic rings. The van der Waals surface area contributed by atoms with Crippen LogP contribution >= 0.6 is 0 Å². The van der Waals surface area contributed by atoms with E-state index in [1.165, 1.54) is 4.31 Å². The van der Waals surface area contributed by atoms with Crippen LogP contribution in [0.4, 0.5) is 5.69 Å². The zero-order chi connectivity index (χ0) is 19.6. The van der Waals surface area contributed by atoms with E-state index in [0.717, 1.165) is 11.8 Å². The predicted octanol–water partition coefficient (Wildman–Crippen LogP) is 2.59. The average Bonchev–Trinajstić information content (AvgIpc) is 3.14.